The Balaban J connectivity index is 0.000000407. The normalized spacial score (nSPS) is 8.06. The minimum absolute atomic E-state index is 0.544. The van der Waals surface area contributed by atoms with Crippen LogP contribution in [0, 0.1) is 6.39 Å². The van der Waals surface area contributed by atoms with E-state index in [0.29, 0.717) is 11.0 Å². The summed E-state index contributed by atoms with van der Waals surface area (Å²) in [7, 11) is 14.7. The molecule has 0 aromatic carbocycles. The summed E-state index contributed by atoms with van der Waals surface area (Å²) in [5.41, 5.74) is 0.762. The average Bonchev–Trinajstić information content (AvgIpc) is 3.68. The molecule has 0 aliphatic carbocycles. The Morgan fingerprint density at radius 3 is 1.85 bits per heavy atom. The topological polar surface area (TPSA) is 104 Å². The van der Waals surface area contributed by atoms with Crippen LogP contribution >= 0.6 is 40.7 Å². The van der Waals surface area contributed by atoms with Crippen molar-refractivity contribution in [1.29, 1.82) is 0 Å². The summed E-state index contributed by atoms with van der Waals surface area (Å²) in [5, 5.41) is 0.544. The number of nitrogens with zero attached hydrogens (tertiary/aromatic N) is 5. The van der Waals surface area contributed by atoms with E-state index in [0.717, 1.165) is 23.0 Å². The van der Waals surface area contributed by atoms with Gasteiger partial charge in [-0.05, 0) is 30.5 Å². The SMILES string of the molecule is Clc1ccccn1.[Cl][Zn+].[Cl][Zn][Cl].[c-]1ncco1.c1ccc(-c2ncco2)nc1.c1cocn1. The third-order valence-corrected chi connectivity index (χ3v) is 2.82. The molecule has 5 aromatic heterocycles. The molecule has 5 rings (SSSR count). The summed E-state index contributed by atoms with van der Waals surface area (Å²) in [6.45, 7) is 0. The number of halogens is 4. The quantitative estimate of drug-likeness (QED) is 0.114. The van der Waals surface area contributed by atoms with Crippen LogP contribution in [0.2, 0.25) is 5.15 Å². The number of rotatable bonds is 1. The zero-order chi connectivity index (χ0) is 24.4. The van der Waals surface area contributed by atoms with Crippen LogP contribution in [0.5, 0.6) is 0 Å². The van der Waals surface area contributed by atoms with Gasteiger partial charge in [-0.25, -0.2) is 15.0 Å². The van der Waals surface area contributed by atoms with E-state index in [4.69, 9.17) is 45.1 Å². The van der Waals surface area contributed by atoms with Crippen LogP contribution in [0.3, 0.4) is 0 Å². The fourth-order valence-electron chi connectivity index (χ4n) is 1.51. The third kappa shape index (κ3) is 19.5. The second kappa shape index (κ2) is 25.0. The van der Waals surface area contributed by atoms with Crippen LogP contribution < -0.4 is 0 Å². The van der Waals surface area contributed by atoms with Gasteiger partial charge in [0.2, 0.25) is 5.89 Å². The fourth-order valence-corrected chi connectivity index (χ4v) is 1.64. The van der Waals surface area contributed by atoms with Crippen molar-refractivity contribution < 1.29 is 45.7 Å². The van der Waals surface area contributed by atoms with Gasteiger partial charge in [0.05, 0.1) is 12.4 Å². The van der Waals surface area contributed by atoms with E-state index in [1.54, 1.807) is 30.9 Å². The van der Waals surface area contributed by atoms with Crippen molar-refractivity contribution in [3.8, 4) is 11.6 Å². The van der Waals surface area contributed by atoms with Gasteiger partial charge in [-0.3, -0.25) is 4.98 Å². The number of hydrogen-bond donors (Lipinski definition) is 0. The summed E-state index contributed by atoms with van der Waals surface area (Å²) in [6.07, 6.45) is 16.2. The summed E-state index contributed by atoms with van der Waals surface area (Å²) in [6, 6.07) is 11.0. The molecule has 14 heteroatoms. The van der Waals surface area contributed by atoms with Crippen LogP contribution in [0.15, 0.2) is 106 Å². The molecular weight excluding hydrogens is 619 g/mol. The van der Waals surface area contributed by atoms with E-state index in [1.807, 2.05) is 30.3 Å². The Kier molecular flexibility index (Phi) is 23.7. The first kappa shape index (κ1) is 31.3. The van der Waals surface area contributed by atoms with Crippen molar-refractivity contribution in [3.63, 3.8) is 0 Å². The first-order valence-electron chi connectivity index (χ1n) is 8.61. The fraction of sp³-hybridized carbons (Fsp3) is 0. The van der Waals surface area contributed by atoms with Gasteiger partial charge >= 0.3 is 61.5 Å². The van der Waals surface area contributed by atoms with Gasteiger partial charge in [0, 0.05) is 12.4 Å². The zero-order valence-corrected chi connectivity index (χ0v) is 26.0. The standard InChI is InChI=1S/C8H6N2O.C5H4ClN.C3H3NO.C3H2NO.3ClH.2Zn/c1-2-4-9-7(3-1)8-10-5-6-11-8;6-5-3-1-2-4-7-5;2*1-2-5-3-4-1;;;;;/h1-6H;1-4H;1-3H;1-2H;3*1H;;/q;;;-1;;;;2*+2/p-3. The molecular formula is C19H15Cl4N5O3Zn2. The Labute approximate surface area is 225 Å². The smallest absolute Gasteiger partial charge is 0.244 e. The van der Waals surface area contributed by atoms with E-state index in [-0.39, 0.29) is 0 Å². The van der Waals surface area contributed by atoms with Crippen LogP contribution in [0.1, 0.15) is 0 Å². The van der Waals surface area contributed by atoms with Gasteiger partial charge in [0.1, 0.15) is 29.8 Å². The second-order valence-electron chi connectivity index (χ2n) is 4.60. The summed E-state index contributed by atoms with van der Waals surface area (Å²) < 4.78 is 13.9. The summed E-state index contributed by atoms with van der Waals surface area (Å²) in [4.78, 5) is 18.8. The Morgan fingerprint density at radius 2 is 1.55 bits per heavy atom. The zero-order valence-electron chi connectivity index (χ0n) is 17.0. The van der Waals surface area contributed by atoms with E-state index in [1.165, 1.54) is 31.4 Å². The largest absolute Gasteiger partial charge is 0.581 e. The predicted octanol–water partition coefficient (Wildman–Crippen LogP) is 6.68. The van der Waals surface area contributed by atoms with Crippen molar-refractivity contribution in [2.24, 2.45) is 0 Å². The minimum atomic E-state index is -0.931. The molecule has 0 spiro atoms. The molecule has 0 bridgehead atoms. The number of oxazole rings is 3. The summed E-state index contributed by atoms with van der Waals surface area (Å²) in [5.74, 6) is 0.561. The van der Waals surface area contributed by atoms with Gasteiger partial charge in [-0.2, -0.15) is 0 Å². The van der Waals surface area contributed by atoms with Gasteiger partial charge in [-0.1, -0.05) is 29.9 Å². The maximum absolute atomic E-state index is 5.43. The average molecular weight is 634 g/mol. The molecule has 0 saturated heterocycles. The number of hydrogen-bond acceptors (Lipinski definition) is 8. The Morgan fingerprint density at radius 1 is 0.818 bits per heavy atom. The van der Waals surface area contributed by atoms with Gasteiger partial charge in [0.25, 0.3) is 0 Å². The monoisotopic (exact) mass is 629 g/mol. The molecule has 0 aliphatic heterocycles. The van der Waals surface area contributed by atoms with Crippen LogP contribution in [-0.4, -0.2) is 24.9 Å². The molecule has 0 amide bonds. The van der Waals surface area contributed by atoms with E-state index in [9.17, 15) is 0 Å². The molecule has 0 unspecified atom stereocenters. The molecule has 8 nitrogen and oxygen atoms in total. The van der Waals surface area contributed by atoms with Crippen LogP contribution in [0.25, 0.3) is 11.6 Å². The van der Waals surface area contributed by atoms with Crippen LogP contribution in [0.4, 0.5) is 0 Å². The van der Waals surface area contributed by atoms with Crippen LogP contribution in [-0.2, 0) is 32.5 Å². The molecule has 0 saturated carbocycles. The van der Waals surface area contributed by atoms with E-state index < -0.39 is 15.1 Å². The van der Waals surface area contributed by atoms with Gasteiger partial charge in [0.15, 0.2) is 6.39 Å². The van der Waals surface area contributed by atoms with Crippen molar-refractivity contribution in [1.82, 2.24) is 24.9 Å². The molecule has 5 heterocycles. The minimum Gasteiger partial charge on any atom is -0.581 e. The van der Waals surface area contributed by atoms with Gasteiger partial charge < -0.3 is 18.2 Å². The molecule has 33 heavy (non-hydrogen) atoms. The second-order valence-corrected chi connectivity index (χ2v) is 9.62. The Hall–Kier alpha value is -1.66. The van der Waals surface area contributed by atoms with Crippen molar-refractivity contribution >= 4 is 40.7 Å². The van der Waals surface area contributed by atoms with Crippen molar-refractivity contribution in [2.45, 2.75) is 0 Å². The first-order valence-corrected chi connectivity index (χ1v) is 20.7. The van der Waals surface area contributed by atoms with Gasteiger partial charge in [-0.15, -0.1) is 0 Å². The molecule has 0 radical (unpaired) electrons. The van der Waals surface area contributed by atoms with Crippen molar-refractivity contribution in [2.75, 3.05) is 0 Å². The maximum atomic E-state index is 5.43. The molecule has 166 valence electrons. The summed E-state index contributed by atoms with van der Waals surface area (Å²) >= 11 is 5.35. The number of pyridine rings is 2. The van der Waals surface area contributed by atoms with E-state index in [2.05, 4.69) is 40.1 Å². The maximum Gasteiger partial charge on any atom is 0.244 e. The first-order chi connectivity index (χ1) is 16.3. The molecule has 5 aromatic rings. The van der Waals surface area contributed by atoms with E-state index >= 15 is 0 Å². The number of aromatic nitrogens is 5. The molecule has 0 N–H and O–H groups in total. The third-order valence-electron chi connectivity index (χ3n) is 2.60. The van der Waals surface area contributed by atoms with Crippen molar-refractivity contribution in [3.05, 3.63) is 104 Å². The molecule has 0 atom stereocenters. The molecule has 0 fully saturated rings. The molecule has 0 aliphatic rings. The Bertz CT molecular complexity index is 893. The predicted molar refractivity (Wildman–Crippen MR) is 118 cm³/mol.